The Morgan fingerprint density at radius 1 is 1.20 bits per heavy atom. The van der Waals surface area contributed by atoms with Gasteiger partial charge in [0.2, 0.25) is 10.0 Å². The maximum atomic E-state index is 12.3. The second-order valence-corrected chi connectivity index (χ2v) is 6.99. The molecule has 0 radical (unpaired) electrons. The Bertz CT molecular complexity index is 592. The van der Waals surface area contributed by atoms with E-state index in [1.165, 1.54) is 24.3 Å². The molecule has 1 aromatic carbocycles. The van der Waals surface area contributed by atoms with Gasteiger partial charge in [0.15, 0.2) is 4.90 Å². The fourth-order valence-electron chi connectivity index (χ4n) is 2.50. The van der Waals surface area contributed by atoms with Crippen LogP contribution in [-0.4, -0.2) is 19.4 Å². The molecule has 0 bridgehead atoms. The van der Waals surface area contributed by atoms with E-state index in [1.54, 1.807) is 0 Å². The van der Waals surface area contributed by atoms with Crippen LogP contribution < -0.4 is 4.72 Å². The predicted octanol–water partition coefficient (Wildman–Crippen LogP) is 2.45. The number of hydrogen-bond acceptors (Lipinski definition) is 4. The second kappa shape index (κ2) is 5.88. The minimum Gasteiger partial charge on any atom is -0.258 e. The lowest BCUT2D eigenvalue weighted by atomic mass is 9.88. The van der Waals surface area contributed by atoms with Gasteiger partial charge in [0.25, 0.3) is 5.69 Å². The van der Waals surface area contributed by atoms with E-state index in [9.17, 15) is 18.5 Å². The lowest BCUT2D eigenvalue weighted by molar-refractivity contribution is -0.387. The molecule has 6 nitrogen and oxygen atoms in total. The molecule has 0 unspecified atom stereocenters. The van der Waals surface area contributed by atoms with E-state index in [1.807, 2.05) is 0 Å². The van der Waals surface area contributed by atoms with Crippen molar-refractivity contribution < 1.29 is 13.3 Å². The fraction of sp³-hybridized carbons (Fsp3) is 0.538. The van der Waals surface area contributed by atoms with E-state index in [4.69, 9.17) is 0 Å². The number of benzene rings is 1. The Morgan fingerprint density at radius 3 is 2.40 bits per heavy atom. The molecule has 1 aromatic rings. The number of sulfonamides is 1. The van der Waals surface area contributed by atoms with E-state index >= 15 is 0 Å². The molecule has 1 N–H and O–H groups in total. The Morgan fingerprint density at radius 2 is 1.80 bits per heavy atom. The number of nitro groups is 1. The normalized spacial score (nSPS) is 23.4. The molecule has 1 saturated carbocycles. The number of nitro benzene ring substituents is 1. The SMILES string of the molecule is C[C@H]1CC[C@H](NS(=O)(=O)c2ccccc2[N+](=O)[O-])CC1. The van der Waals surface area contributed by atoms with E-state index in [-0.39, 0.29) is 16.6 Å². The Hall–Kier alpha value is -1.47. The monoisotopic (exact) mass is 298 g/mol. The molecule has 1 aliphatic carbocycles. The summed E-state index contributed by atoms with van der Waals surface area (Å²) < 4.78 is 27.2. The molecule has 0 atom stereocenters. The van der Waals surface area contributed by atoms with Gasteiger partial charge in [-0.1, -0.05) is 19.1 Å². The zero-order valence-corrected chi connectivity index (χ0v) is 12.1. The lowest BCUT2D eigenvalue weighted by Crippen LogP contribution is -2.37. The Labute approximate surface area is 118 Å². The number of hydrogen-bond donors (Lipinski definition) is 1. The molecular weight excluding hydrogens is 280 g/mol. The smallest absolute Gasteiger partial charge is 0.258 e. The van der Waals surface area contributed by atoms with Gasteiger partial charge in [0, 0.05) is 12.1 Å². The van der Waals surface area contributed by atoms with Gasteiger partial charge in [-0.2, -0.15) is 0 Å². The highest BCUT2D eigenvalue weighted by molar-refractivity contribution is 7.89. The number of rotatable bonds is 4. The summed E-state index contributed by atoms with van der Waals surface area (Å²) in [6.45, 7) is 2.15. The van der Waals surface area contributed by atoms with Crippen molar-refractivity contribution in [1.82, 2.24) is 4.72 Å². The summed E-state index contributed by atoms with van der Waals surface area (Å²) in [7, 11) is -3.84. The maximum absolute atomic E-state index is 12.3. The quantitative estimate of drug-likeness (QED) is 0.683. The average molecular weight is 298 g/mol. The van der Waals surface area contributed by atoms with Gasteiger partial charge in [0.05, 0.1) is 4.92 Å². The van der Waals surface area contributed by atoms with Crippen LogP contribution in [0.1, 0.15) is 32.6 Å². The molecule has 1 aliphatic rings. The summed E-state index contributed by atoms with van der Waals surface area (Å²) in [5.74, 6) is 0.613. The van der Waals surface area contributed by atoms with Crippen LogP contribution in [0.25, 0.3) is 0 Å². The first-order valence-corrected chi connectivity index (χ1v) is 8.14. The molecular formula is C13H18N2O4S. The maximum Gasteiger partial charge on any atom is 0.289 e. The highest BCUT2D eigenvalue weighted by Gasteiger charge is 2.29. The fourth-order valence-corrected chi connectivity index (χ4v) is 3.97. The van der Waals surface area contributed by atoms with Crippen molar-refractivity contribution in [2.24, 2.45) is 5.92 Å². The van der Waals surface area contributed by atoms with E-state index in [0.717, 1.165) is 25.7 Å². The Kier molecular flexibility index (Phi) is 4.39. The average Bonchev–Trinajstić information content (AvgIpc) is 2.41. The van der Waals surface area contributed by atoms with Crippen LogP contribution in [0.15, 0.2) is 29.2 Å². The summed E-state index contributed by atoms with van der Waals surface area (Å²) in [5.41, 5.74) is -0.385. The van der Waals surface area contributed by atoms with E-state index in [2.05, 4.69) is 11.6 Å². The van der Waals surface area contributed by atoms with Crippen LogP contribution >= 0.6 is 0 Å². The summed E-state index contributed by atoms with van der Waals surface area (Å²) >= 11 is 0. The summed E-state index contributed by atoms with van der Waals surface area (Å²) in [6.07, 6.45) is 3.51. The summed E-state index contributed by atoms with van der Waals surface area (Å²) in [4.78, 5) is 9.99. The van der Waals surface area contributed by atoms with Crippen molar-refractivity contribution in [2.45, 2.75) is 43.5 Å². The second-order valence-electron chi connectivity index (χ2n) is 5.30. The van der Waals surface area contributed by atoms with Crippen LogP contribution in [0.2, 0.25) is 0 Å². The van der Waals surface area contributed by atoms with Crippen LogP contribution in [0, 0.1) is 16.0 Å². The van der Waals surface area contributed by atoms with Crippen LogP contribution in [0.3, 0.4) is 0 Å². The van der Waals surface area contributed by atoms with Crippen molar-refractivity contribution >= 4 is 15.7 Å². The lowest BCUT2D eigenvalue weighted by Gasteiger charge is -2.26. The molecule has 0 aliphatic heterocycles. The largest absolute Gasteiger partial charge is 0.289 e. The van der Waals surface area contributed by atoms with Gasteiger partial charge < -0.3 is 0 Å². The standard InChI is InChI=1S/C13H18N2O4S/c1-10-6-8-11(9-7-10)14-20(18,19)13-5-3-2-4-12(13)15(16)17/h2-5,10-11,14H,6-9H2,1H3/t10-,11-. The molecule has 0 saturated heterocycles. The van der Waals surface area contributed by atoms with Gasteiger partial charge in [-0.25, -0.2) is 13.1 Å². The van der Waals surface area contributed by atoms with E-state index < -0.39 is 14.9 Å². The third-order valence-corrected chi connectivity index (χ3v) is 5.26. The zero-order valence-electron chi connectivity index (χ0n) is 11.3. The third kappa shape index (κ3) is 3.34. The minimum absolute atomic E-state index is 0.129. The molecule has 0 heterocycles. The zero-order chi connectivity index (χ0) is 14.8. The van der Waals surface area contributed by atoms with Crippen LogP contribution in [0.4, 0.5) is 5.69 Å². The molecule has 7 heteroatoms. The third-order valence-electron chi connectivity index (χ3n) is 3.69. The number of nitrogens with one attached hydrogen (secondary N) is 1. The van der Waals surface area contributed by atoms with Crippen molar-refractivity contribution in [3.63, 3.8) is 0 Å². The predicted molar refractivity (Wildman–Crippen MR) is 74.8 cm³/mol. The van der Waals surface area contributed by atoms with Crippen molar-refractivity contribution in [1.29, 1.82) is 0 Å². The first-order chi connectivity index (χ1) is 9.40. The summed E-state index contributed by atoms with van der Waals surface area (Å²) in [5, 5.41) is 10.9. The minimum atomic E-state index is -3.84. The topological polar surface area (TPSA) is 89.3 Å². The molecule has 20 heavy (non-hydrogen) atoms. The van der Waals surface area contributed by atoms with E-state index in [0.29, 0.717) is 5.92 Å². The Balaban J connectivity index is 2.21. The van der Waals surface area contributed by atoms with Crippen molar-refractivity contribution in [2.75, 3.05) is 0 Å². The molecule has 110 valence electrons. The van der Waals surface area contributed by atoms with Gasteiger partial charge in [0.1, 0.15) is 0 Å². The van der Waals surface area contributed by atoms with Gasteiger partial charge in [-0.15, -0.1) is 0 Å². The number of nitrogens with zero attached hydrogens (tertiary/aromatic N) is 1. The van der Waals surface area contributed by atoms with Crippen LogP contribution in [0.5, 0.6) is 0 Å². The van der Waals surface area contributed by atoms with Crippen molar-refractivity contribution in [3.05, 3.63) is 34.4 Å². The first kappa shape index (κ1) is 14.9. The summed E-state index contributed by atoms with van der Waals surface area (Å²) in [6, 6.07) is 5.30. The van der Waals surface area contributed by atoms with Gasteiger partial charge >= 0.3 is 0 Å². The first-order valence-electron chi connectivity index (χ1n) is 6.66. The molecule has 1 fully saturated rings. The van der Waals surface area contributed by atoms with Crippen LogP contribution in [-0.2, 0) is 10.0 Å². The highest BCUT2D eigenvalue weighted by Crippen LogP contribution is 2.27. The highest BCUT2D eigenvalue weighted by atomic mass is 32.2. The molecule has 0 amide bonds. The molecule has 0 spiro atoms. The van der Waals surface area contributed by atoms with Gasteiger partial charge in [-0.3, -0.25) is 10.1 Å². The van der Waals surface area contributed by atoms with Crippen molar-refractivity contribution in [3.8, 4) is 0 Å². The molecule has 0 aromatic heterocycles. The van der Waals surface area contributed by atoms with Gasteiger partial charge in [-0.05, 0) is 37.7 Å². The number of para-hydroxylation sites is 1. The molecule has 2 rings (SSSR count).